The Hall–Kier alpha value is -1.28. The van der Waals surface area contributed by atoms with Crippen LogP contribution in [0.25, 0.3) is 5.57 Å². The predicted molar refractivity (Wildman–Crippen MR) is 67.6 cm³/mol. The van der Waals surface area contributed by atoms with Crippen LogP contribution in [0.5, 0.6) is 5.75 Å². The minimum absolute atomic E-state index is 0.619. The molecule has 0 aromatic heterocycles. The second kappa shape index (κ2) is 5.17. The summed E-state index contributed by atoms with van der Waals surface area (Å²) in [6, 6.07) is 6.40. The van der Waals surface area contributed by atoms with Gasteiger partial charge in [-0.2, -0.15) is 0 Å². The molecule has 86 valence electrons. The third-order valence-corrected chi connectivity index (χ3v) is 2.99. The smallest absolute Gasteiger partial charge is 0.119 e. The number of benzene rings is 1. The molecule has 0 atom stereocenters. The molecule has 2 heteroatoms. The molecule has 16 heavy (non-hydrogen) atoms. The largest absolute Gasteiger partial charge is 0.494 e. The lowest BCUT2D eigenvalue weighted by Crippen LogP contribution is -2.05. The molecule has 0 amide bonds. The van der Waals surface area contributed by atoms with E-state index < -0.39 is 0 Å². The maximum atomic E-state index is 5.61. The lowest BCUT2D eigenvalue weighted by atomic mass is 9.87. The van der Waals surface area contributed by atoms with Crippen LogP contribution >= 0.6 is 0 Å². The molecule has 1 aliphatic rings. The maximum absolute atomic E-state index is 5.61. The van der Waals surface area contributed by atoms with Crippen LogP contribution in [0.15, 0.2) is 24.3 Å². The maximum Gasteiger partial charge on any atom is 0.119 e. The van der Waals surface area contributed by atoms with Crippen molar-refractivity contribution >= 4 is 5.57 Å². The standard InChI is InChI=1S/C14H19NO/c1-2-16-13-7-6-11-4-3-5-12(8-9-15)14(11)10-13/h6-8,10H,2-5,9,15H2,1H3. The Morgan fingerprint density at radius 2 is 2.25 bits per heavy atom. The minimum Gasteiger partial charge on any atom is -0.494 e. The number of allylic oxidation sites excluding steroid dienone is 1. The van der Waals surface area contributed by atoms with E-state index in [0.29, 0.717) is 13.2 Å². The Morgan fingerprint density at radius 3 is 3.00 bits per heavy atom. The summed E-state index contributed by atoms with van der Waals surface area (Å²) in [7, 11) is 0. The summed E-state index contributed by atoms with van der Waals surface area (Å²) in [5.41, 5.74) is 9.75. The molecule has 2 nitrogen and oxygen atoms in total. The topological polar surface area (TPSA) is 35.2 Å². The van der Waals surface area contributed by atoms with Gasteiger partial charge >= 0.3 is 0 Å². The monoisotopic (exact) mass is 217 g/mol. The first-order chi connectivity index (χ1) is 7.85. The van der Waals surface area contributed by atoms with Crippen LogP contribution in [0, 0.1) is 0 Å². The highest BCUT2D eigenvalue weighted by atomic mass is 16.5. The zero-order chi connectivity index (χ0) is 11.4. The van der Waals surface area contributed by atoms with Crippen LogP contribution in [0.1, 0.15) is 30.9 Å². The van der Waals surface area contributed by atoms with Gasteiger partial charge in [0.25, 0.3) is 0 Å². The molecule has 1 aliphatic carbocycles. The molecule has 2 rings (SSSR count). The van der Waals surface area contributed by atoms with Gasteiger partial charge in [0.1, 0.15) is 5.75 Å². The van der Waals surface area contributed by atoms with Crippen molar-refractivity contribution < 1.29 is 4.74 Å². The summed E-state index contributed by atoms with van der Waals surface area (Å²) in [4.78, 5) is 0. The highest BCUT2D eigenvalue weighted by molar-refractivity contribution is 5.71. The average Bonchev–Trinajstić information content (AvgIpc) is 2.31. The number of ether oxygens (including phenoxy) is 1. The van der Waals surface area contributed by atoms with E-state index in [1.165, 1.54) is 29.5 Å². The molecule has 0 bridgehead atoms. The fraction of sp³-hybridized carbons (Fsp3) is 0.429. The molecular formula is C14H19NO. The van der Waals surface area contributed by atoms with E-state index >= 15 is 0 Å². The first kappa shape index (κ1) is 11.2. The van der Waals surface area contributed by atoms with Crippen molar-refractivity contribution in [3.05, 3.63) is 35.4 Å². The second-order valence-electron chi connectivity index (χ2n) is 4.07. The molecule has 0 saturated carbocycles. The van der Waals surface area contributed by atoms with Crippen molar-refractivity contribution in [1.29, 1.82) is 0 Å². The number of rotatable bonds is 3. The predicted octanol–water partition coefficient (Wildman–Crippen LogP) is 2.76. The van der Waals surface area contributed by atoms with Gasteiger partial charge in [0.15, 0.2) is 0 Å². The Bertz CT molecular complexity index is 396. The minimum atomic E-state index is 0.619. The Kier molecular flexibility index (Phi) is 3.62. The highest BCUT2D eigenvalue weighted by Gasteiger charge is 2.14. The Labute approximate surface area is 97.1 Å². The molecule has 0 aliphatic heterocycles. The van der Waals surface area contributed by atoms with Crippen molar-refractivity contribution in [2.45, 2.75) is 26.2 Å². The van der Waals surface area contributed by atoms with E-state index in [2.05, 4.69) is 24.3 Å². The number of hydrogen-bond acceptors (Lipinski definition) is 2. The Morgan fingerprint density at radius 1 is 1.38 bits per heavy atom. The van der Waals surface area contributed by atoms with Crippen molar-refractivity contribution in [2.24, 2.45) is 5.73 Å². The first-order valence-corrected chi connectivity index (χ1v) is 6.00. The van der Waals surface area contributed by atoms with E-state index in [9.17, 15) is 0 Å². The highest BCUT2D eigenvalue weighted by Crippen LogP contribution is 2.33. The van der Waals surface area contributed by atoms with E-state index in [1.54, 1.807) is 0 Å². The third-order valence-electron chi connectivity index (χ3n) is 2.99. The quantitative estimate of drug-likeness (QED) is 0.845. The van der Waals surface area contributed by atoms with Crippen LogP contribution in [-0.2, 0) is 6.42 Å². The molecule has 0 unspecified atom stereocenters. The normalized spacial score (nSPS) is 17.2. The van der Waals surface area contributed by atoms with Gasteiger partial charge in [-0.25, -0.2) is 0 Å². The van der Waals surface area contributed by atoms with Crippen molar-refractivity contribution in [3.63, 3.8) is 0 Å². The van der Waals surface area contributed by atoms with Crippen molar-refractivity contribution in [3.8, 4) is 5.75 Å². The third kappa shape index (κ3) is 2.27. The summed E-state index contributed by atoms with van der Waals surface area (Å²) < 4.78 is 5.54. The van der Waals surface area contributed by atoms with Crippen LogP contribution in [-0.4, -0.2) is 13.2 Å². The zero-order valence-electron chi connectivity index (χ0n) is 9.83. The summed E-state index contributed by atoms with van der Waals surface area (Å²) in [6.07, 6.45) is 5.67. The lowest BCUT2D eigenvalue weighted by Gasteiger charge is -2.20. The number of hydrogen-bond donors (Lipinski definition) is 1. The number of aryl methyl sites for hydroxylation is 1. The molecule has 0 heterocycles. The van der Waals surface area contributed by atoms with E-state index in [0.717, 1.165) is 12.2 Å². The fourth-order valence-corrected chi connectivity index (χ4v) is 2.29. The number of nitrogens with two attached hydrogens (primary N) is 1. The number of fused-ring (bicyclic) bond motifs is 1. The van der Waals surface area contributed by atoms with Gasteiger partial charge in [-0.3, -0.25) is 0 Å². The van der Waals surface area contributed by atoms with E-state index in [1.807, 2.05) is 6.92 Å². The van der Waals surface area contributed by atoms with Gasteiger partial charge in [0.05, 0.1) is 6.61 Å². The lowest BCUT2D eigenvalue weighted by molar-refractivity contribution is 0.340. The van der Waals surface area contributed by atoms with Crippen molar-refractivity contribution in [2.75, 3.05) is 13.2 Å². The average molecular weight is 217 g/mol. The molecule has 0 spiro atoms. The Balaban J connectivity index is 2.36. The molecule has 1 aromatic carbocycles. The molecule has 0 saturated heterocycles. The summed E-state index contributed by atoms with van der Waals surface area (Å²) >= 11 is 0. The van der Waals surface area contributed by atoms with Crippen molar-refractivity contribution in [1.82, 2.24) is 0 Å². The summed E-state index contributed by atoms with van der Waals surface area (Å²) in [6.45, 7) is 3.35. The van der Waals surface area contributed by atoms with Crippen LogP contribution in [0.2, 0.25) is 0 Å². The van der Waals surface area contributed by atoms with E-state index in [-0.39, 0.29) is 0 Å². The first-order valence-electron chi connectivity index (χ1n) is 6.00. The van der Waals surface area contributed by atoms with Gasteiger partial charge in [-0.15, -0.1) is 0 Å². The van der Waals surface area contributed by atoms with E-state index in [4.69, 9.17) is 10.5 Å². The molecule has 2 N–H and O–H groups in total. The van der Waals surface area contributed by atoms with Crippen LogP contribution in [0.4, 0.5) is 0 Å². The van der Waals surface area contributed by atoms with Gasteiger partial charge in [0, 0.05) is 6.54 Å². The van der Waals surface area contributed by atoms with Gasteiger partial charge in [-0.05, 0) is 55.0 Å². The molecule has 0 fully saturated rings. The van der Waals surface area contributed by atoms with Gasteiger partial charge in [0.2, 0.25) is 0 Å². The SMILES string of the molecule is CCOc1ccc2c(c1)C(=CCN)CCC2. The molecule has 1 aromatic rings. The molecule has 0 radical (unpaired) electrons. The summed E-state index contributed by atoms with van der Waals surface area (Å²) in [5.74, 6) is 0.964. The van der Waals surface area contributed by atoms with Gasteiger partial charge in [-0.1, -0.05) is 12.1 Å². The summed E-state index contributed by atoms with van der Waals surface area (Å²) in [5, 5.41) is 0. The van der Waals surface area contributed by atoms with Crippen LogP contribution < -0.4 is 10.5 Å². The second-order valence-corrected chi connectivity index (χ2v) is 4.07. The van der Waals surface area contributed by atoms with Crippen LogP contribution in [0.3, 0.4) is 0 Å². The molecular weight excluding hydrogens is 198 g/mol. The zero-order valence-corrected chi connectivity index (χ0v) is 9.83. The fourth-order valence-electron chi connectivity index (χ4n) is 2.29. The van der Waals surface area contributed by atoms with Gasteiger partial charge < -0.3 is 10.5 Å².